The highest BCUT2D eigenvalue weighted by atomic mass is 35.5. The average Bonchev–Trinajstić information content (AvgIpc) is 2.65. The molecule has 2 aliphatic heterocycles. The van der Waals surface area contributed by atoms with Crippen LogP contribution in [0.2, 0.25) is 0 Å². The minimum Gasteiger partial charge on any atom is -0.362 e. The Labute approximate surface area is 95.6 Å². The van der Waals surface area contributed by atoms with Crippen LogP contribution in [-0.2, 0) is 9.53 Å². The van der Waals surface area contributed by atoms with Gasteiger partial charge in [0.2, 0.25) is 0 Å². The maximum absolute atomic E-state index is 12.0. The first-order chi connectivity index (χ1) is 7.10. The van der Waals surface area contributed by atoms with Crippen molar-refractivity contribution in [2.45, 2.75) is 38.4 Å². The first-order valence-electron chi connectivity index (χ1n) is 5.57. The van der Waals surface area contributed by atoms with Gasteiger partial charge in [0.05, 0.1) is 11.7 Å². The summed E-state index contributed by atoms with van der Waals surface area (Å²) >= 11 is 5.70. The van der Waals surface area contributed by atoms with Gasteiger partial charge in [0.25, 0.3) is 0 Å². The quantitative estimate of drug-likeness (QED) is 0.548. The lowest BCUT2D eigenvalue weighted by atomic mass is 9.77. The van der Waals surface area contributed by atoms with E-state index < -0.39 is 0 Å². The van der Waals surface area contributed by atoms with Crippen LogP contribution in [0.15, 0.2) is 12.2 Å². The number of Topliss-reactive ketones (excluding diaryl/α,β-unsaturated/α-hetero) is 1. The van der Waals surface area contributed by atoms with Crippen molar-refractivity contribution in [2.24, 2.45) is 11.8 Å². The Morgan fingerprint density at radius 2 is 2.27 bits per heavy atom. The van der Waals surface area contributed by atoms with Crippen molar-refractivity contribution >= 4 is 17.4 Å². The fraction of sp³-hybridized carbons (Fsp3) is 0.750. The summed E-state index contributed by atoms with van der Waals surface area (Å²) in [6.07, 6.45) is 5.86. The summed E-state index contributed by atoms with van der Waals surface area (Å²) in [6.45, 7) is 3.92. The minimum absolute atomic E-state index is 0.00266. The van der Waals surface area contributed by atoms with Crippen molar-refractivity contribution in [3.8, 4) is 0 Å². The van der Waals surface area contributed by atoms with Crippen LogP contribution < -0.4 is 0 Å². The molecule has 15 heavy (non-hydrogen) atoms. The maximum atomic E-state index is 12.0. The second kappa shape index (κ2) is 3.91. The SMILES string of the molecule is C[C@@H]1C(=O)[C@H](C)[C@]2(CCCCl)C=C[C@H]1O2. The standard InChI is InChI=1S/C12H17ClO2/c1-8-10-4-6-12(15-10,5-3-7-13)9(2)11(8)14/h4,6,8-10H,3,5,7H2,1-2H3/t8-,9-,10+,12-/m0/s1. The third-order valence-electron chi connectivity index (χ3n) is 3.73. The van der Waals surface area contributed by atoms with Crippen molar-refractivity contribution in [1.82, 2.24) is 0 Å². The molecule has 1 saturated heterocycles. The highest BCUT2D eigenvalue weighted by molar-refractivity contribution is 6.17. The van der Waals surface area contributed by atoms with Crippen LogP contribution in [0.4, 0.5) is 0 Å². The molecule has 3 heteroatoms. The van der Waals surface area contributed by atoms with Gasteiger partial charge in [0, 0.05) is 17.7 Å². The summed E-state index contributed by atoms with van der Waals surface area (Å²) in [5, 5.41) is 0. The Morgan fingerprint density at radius 3 is 2.93 bits per heavy atom. The lowest BCUT2D eigenvalue weighted by molar-refractivity contribution is -0.159. The van der Waals surface area contributed by atoms with Gasteiger partial charge in [0.1, 0.15) is 5.78 Å². The Kier molecular flexibility index (Phi) is 2.91. The van der Waals surface area contributed by atoms with E-state index in [0.29, 0.717) is 11.7 Å². The van der Waals surface area contributed by atoms with Gasteiger partial charge in [-0.2, -0.15) is 0 Å². The fourth-order valence-electron chi connectivity index (χ4n) is 2.60. The van der Waals surface area contributed by atoms with Crippen LogP contribution in [0.3, 0.4) is 0 Å². The predicted octanol–water partition coefficient (Wildman–Crippen LogP) is 2.55. The van der Waals surface area contributed by atoms with Gasteiger partial charge in [-0.25, -0.2) is 0 Å². The number of hydrogen-bond donors (Lipinski definition) is 0. The highest BCUT2D eigenvalue weighted by Crippen LogP contribution is 2.43. The molecular formula is C12H17ClO2. The van der Waals surface area contributed by atoms with E-state index in [0.717, 1.165) is 12.8 Å². The molecule has 2 rings (SSSR count). The summed E-state index contributed by atoms with van der Waals surface area (Å²) < 4.78 is 5.99. The second-order valence-corrected chi connectivity index (χ2v) is 4.98. The van der Waals surface area contributed by atoms with E-state index in [1.807, 2.05) is 19.9 Å². The molecule has 0 aromatic rings. The highest BCUT2D eigenvalue weighted by Gasteiger charge is 2.51. The van der Waals surface area contributed by atoms with E-state index in [-0.39, 0.29) is 23.5 Å². The summed E-state index contributed by atoms with van der Waals surface area (Å²) in [6, 6.07) is 0. The topological polar surface area (TPSA) is 26.3 Å². The first kappa shape index (κ1) is 11.2. The number of carbonyl (C=O) groups is 1. The molecule has 2 heterocycles. The van der Waals surface area contributed by atoms with Crippen LogP contribution in [0, 0.1) is 11.8 Å². The molecular weight excluding hydrogens is 212 g/mol. The zero-order valence-corrected chi connectivity index (χ0v) is 9.96. The van der Waals surface area contributed by atoms with Gasteiger partial charge in [-0.1, -0.05) is 26.0 Å². The van der Waals surface area contributed by atoms with E-state index in [9.17, 15) is 4.79 Å². The van der Waals surface area contributed by atoms with Crippen LogP contribution in [-0.4, -0.2) is 23.4 Å². The predicted molar refractivity (Wildman–Crippen MR) is 60.0 cm³/mol. The van der Waals surface area contributed by atoms with E-state index in [1.54, 1.807) is 0 Å². The molecule has 0 aromatic heterocycles. The number of ether oxygens (including phenoxy) is 1. The zero-order valence-electron chi connectivity index (χ0n) is 9.20. The molecule has 2 nitrogen and oxygen atoms in total. The normalized spacial score (nSPS) is 43.7. The van der Waals surface area contributed by atoms with Crippen LogP contribution >= 0.6 is 11.6 Å². The second-order valence-electron chi connectivity index (χ2n) is 4.60. The maximum Gasteiger partial charge on any atom is 0.144 e. The van der Waals surface area contributed by atoms with E-state index in [4.69, 9.17) is 16.3 Å². The zero-order chi connectivity index (χ0) is 11.1. The van der Waals surface area contributed by atoms with Crippen molar-refractivity contribution in [1.29, 1.82) is 0 Å². The average molecular weight is 229 g/mol. The Balaban J connectivity index is 2.20. The van der Waals surface area contributed by atoms with Crippen LogP contribution in [0.5, 0.6) is 0 Å². The van der Waals surface area contributed by atoms with E-state index >= 15 is 0 Å². The number of hydrogen-bond acceptors (Lipinski definition) is 2. The van der Waals surface area contributed by atoms with Crippen molar-refractivity contribution in [2.75, 3.05) is 5.88 Å². The smallest absolute Gasteiger partial charge is 0.144 e. The fourth-order valence-corrected chi connectivity index (χ4v) is 2.74. The number of halogens is 1. The van der Waals surface area contributed by atoms with Crippen LogP contribution in [0.25, 0.3) is 0 Å². The summed E-state index contributed by atoms with van der Waals surface area (Å²) in [4.78, 5) is 12.0. The molecule has 0 radical (unpaired) electrons. The lowest BCUT2D eigenvalue weighted by Crippen LogP contribution is -2.50. The molecule has 0 N–H and O–H groups in total. The van der Waals surface area contributed by atoms with Crippen molar-refractivity contribution < 1.29 is 9.53 Å². The molecule has 84 valence electrons. The first-order valence-corrected chi connectivity index (χ1v) is 6.11. The Bertz CT molecular complexity index is 300. The van der Waals surface area contributed by atoms with Gasteiger partial charge in [-0.05, 0) is 12.8 Å². The number of ketones is 1. The minimum atomic E-state index is -0.358. The molecule has 2 bridgehead atoms. The molecule has 0 unspecified atom stereocenters. The Morgan fingerprint density at radius 1 is 1.53 bits per heavy atom. The third kappa shape index (κ3) is 1.64. The van der Waals surface area contributed by atoms with Crippen LogP contribution in [0.1, 0.15) is 26.7 Å². The number of rotatable bonds is 3. The number of carbonyl (C=O) groups excluding carboxylic acids is 1. The van der Waals surface area contributed by atoms with Gasteiger partial charge in [-0.3, -0.25) is 4.79 Å². The Hall–Kier alpha value is -0.340. The molecule has 0 spiro atoms. The monoisotopic (exact) mass is 228 g/mol. The van der Waals surface area contributed by atoms with Gasteiger partial charge in [0.15, 0.2) is 0 Å². The molecule has 0 aliphatic carbocycles. The van der Waals surface area contributed by atoms with Crippen molar-refractivity contribution in [3.63, 3.8) is 0 Å². The summed E-state index contributed by atoms with van der Waals surface area (Å²) in [5.74, 6) is 0.916. The third-order valence-corrected chi connectivity index (χ3v) is 3.99. The van der Waals surface area contributed by atoms with Crippen molar-refractivity contribution in [3.05, 3.63) is 12.2 Å². The lowest BCUT2D eigenvalue weighted by Gasteiger charge is -2.40. The van der Waals surface area contributed by atoms with Gasteiger partial charge < -0.3 is 4.74 Å². The molecule has 0 saturated carbocycles. The molecule has 4 atom stereocenters. The van der Waals surface area contributed by atoms with E-state index in [2.05, 4.69) is 6.08 Å². The summed E-state index contributed by atoms with van der Waals surface area (Å²) in [5.41, 5.74) is -0.358. The van der Waals surface area contributed by atoms with Gasteiger partial charge >= 0.3 is 0 Å². The van der Waals surface area contributed by atoms with Gasteiger partial charge in [-0.15, -0.1) is 11.6 Å². The molecule has 1 fully saturated rings. The number of fused-ring (bicyclic) bond motifs is 2. The van der Waals surface area contributed by atoms with E-state index in [1.165, 1.54) is 0 Å². The molecule has 2 aliphatic rings. The number of alkyl halides is 1. The largest absolute Gasteiger partial charge is 0.362 e. The summed E-state index contributed by atoms with van der Waals surface area (Å²) in [7, 11) is 0. The molecule has 0 amide bonds. The molecule has 0 aromatic carbocycles.